The van der Waals surface area contributed by atoms with Gasteiger partial charge in [0, 0.05) is 31.5 Å². The molecule has 1 amide bonds. The average Bonchev–Trinajstić information content (AvgIpc) is 3.45. The molecule has 8 heteroatoms. The van der Waals surface area contributed by atoms with E-state index in [2.05, 4.69) is 14.9 Å². The highest BCUT2D eigenvalue weighted by Crippen LogP contribution is 2.39. The third-order valence-corrected chi connectivity index (χ3v) is 5.86. The molecule has 1 aromatic carbocycles. The fraction of sp³-hybridized carbons (Fsp3) is 0.364. The number of amides is 1. The zero-order chi connectivity index (χ0) is 20.8. The second-order valence-electron chi connectivity index (χ2n) is 7.92. The second kappa shape index (κ2) is 7.19. The SMILES string of the molecule is CCC1C(=O)N(C)c2cnc(-n3ccnc3-c3ccc(F)cc3)nc2N1CC1CC1. The van der Waals surface area contributed by atoms with Crippen molar-refractivity contribution in [2.24, 2.45) is 5.92 Å². The summed E-state index contributed by atoms with van der Waals surface area (Å²) >= 11 is 0. The van der Waals surface area contributed by atoms with Gasteiger partial charge < -0.3 is 9.80 Å². The van der Waals surface area contributed by atoms with Gasteiger partial charge in [-0.3, -0.25) is 9.36 Å². The highest BCUT2D eigenvalue weighted by molar-refractivity contribution is 6.04. The molecule has 0 saturated heterocycles. The van der Waals surface area contributed by atoms with Crippen LogP contribution >= 0.6 is 0 Å². The van der Waals surface area contributed by atoms with Gasteiger partial charge in [-0.15, -0.1) is 0 Å². The number of benzene rings is 1. The van der Waals surface area contributed by atoms with Crippen molar-refractivity contribution in [1.82, 2.24) is 19.5 Å². The Balaban J connectivity index is 1.59. The zero-order valence-corrected chi connectivity index (χ0v) is 17.0. The van der Waals surface area contributed by atoms with Crippen molar-refractivity contribution < 1.29 is 9.18 Å². The van der Waals surface area contributed by atoms with Gasteiger partial charge in [-0.2, -0.15) is 4.98 Å². The van der Waals surface area contributed by atoms with Crippen molar-refractivity contribution in [2.45, 2.75) is 32.2 Å². The van der Waals surface area contributed by atoms with E-state index in [0.29, 0.717) is 17.7 Å². The molecule has 2 aromatic heterocycles. The number of likely N-dealkylation sites (N-methyl/N-ethyl adjacent to an activating group) is 1. The molecule has 2 aliphatic rings. The highest BCUT2D eigenvalue weighted by Gasteiger charge is 2.39. The van der Waals surface area contributed by atoms with Crippen LogP contribution in [-0.2, 0) is 4.79 Å². The Morgan fingerprint density at radius 3 is 2.63 bits per heavy atom. The summed E-state index contributed by atoms with van der Waals surface area (Å²) in [5.41, 5.74) is 1.49. The molecule has 1 unspecified atom stereocenters. The maximum absolute atomic E-state index is 13.3. The van der Waals surface area contributed by atoms with Crippen molar-refractivity contribution >= 4 is 17.4 Å². The van der Waals surface area contributed by atoms with E-state index in [9.17, 15) is 9.18 Å². The first kappa shape index (κ1) is 18.7. The van der Waals surface area contributed by atoms with Crippen LogP contribution in [0.3, 0.4) is 0 Å². The van der Waals surface area contributed by atoms with Gasteiger partial charge >= 0.3 is 0 Å². The minimum absolute atomic E-state index is 0.0802. The number of hydrogen-bond donors (Lipinski definition) is 0. The van der Waals surface area contributed by atoms with E-state index in [1.165, 1.54) is 25.0 Å². The largest absolute Gasteiger partial charge is 0.342 e. The fourth-order valence-corrected chi connectivity index (χ4v) is 4.01. The smallest absolute Gasteiger partial charge is 0.249 e. The van der Waals surface area contributed by atoms with Crippen molar-refractivity contribution in [3.8, 4) is 17.3 Å². The fourth-order valence-electron chi connectivity index (χ4n) is 4.01. The molecule has 7 nitrogen and oxygen atoms in total. The predicted octanol–water partition coefficient (Wildman–Crippen LogP) is 3.44. The molecule has 30 heavy (non-hydrogen) atoms. The lowest BCUT2D eigenvalue weighted by molar-refractivity contribution is -0.120. The number of halogens is 1. The lowest BCUT2D eigenvalue weighted by Gasteiger charge is -2.40. The van der Waals surface area contributed by atoms with Gasteiger partial charge in [0.25, 0.3) is 0 Å². The summed E-state index contributed by atoms with van der Waals surface area (Å²) in [7, 11) is 1.78. The van der Waals surface area contributed by atoms with Gasteiger partial charge in [0.15, 0.2) is 5.82 Å². The van der Waals surface area contributed by atoms with Gasteiger partial charge in [0.2, 0.25) is 11.9 Å². The molecule has 1 atom stereocenters. The van der Waals surface area contributed by atoms with Crippen molar-refractivity contribution in [1.29, 1.82) is 0 Å². The van der Waals surface area contributed by atoms with Crippen LogP contribution in [0.25, 0.3) is 17.3 Å². The number of imidazole rings is 1. The summed E-state index contributed by atoms with van der Waals surface area (Å²) in [5, 5.41) is 0. The van der Waals surface area contributed by atoms with Crippen LogP contribution in [0.1, 0.15) is 26.2 Å². The molecular formula is C22H23FN6O. The van der Waals surface area contributed by atoms with Crippen molar-refractivity contribution in [3.05, 3.63) is 48.7 Å². The molecule has 1 fully saturated rings. The van der Waals surface area contributed by atoms with E-state index in [0.717, 1.165) is 30.0 Å². The maximum atomic E-state index is 13.3. The second-order valence-corrected chi connectivity index (χ2v) is 7.92. The zero-order valence-electron chi connectivity index (χ0n) is 17.0. The molecule has 1 aliphatic carbocycles. The van der Waals surface area contributed by atoms with Gasteiger partial charge in [0.05, 0.1) is 6.20 Å². The molecule has 5 rings (SSSR count). The number of rotatable bonds is 5. The third kappa shape index (κ3) is 3.12. The first-order chi connectivity index (χ1) is 14.6. The average molecular weight is 406 g/mol. The molecule has 0 spiro atoms. The van der Waals surface area contributed by atoms with Crippen molar-refractivity contribution in [3.63, 3.8) is 0 Å². The minimum atomic E-state index is -0.295. The number of hydrogen-bond acceptors (Lipinski definition) is 5. The first-order valence-corrected chi connectivity index (χ1v) is 10.3. The number of aromatic nitrogens is 4. The Kier molecular flexibility index (Phi) is 4.49. The molecule has 1 aliphatic heterocycles. The Morgan fingerprint density at radius 1 is 1.17 bits per heavy atom. The van der Waals surface area contributed by atoms with Crippen LogP contribution in [0.4, 0.5) is 15.9 Å². The van der Waals surface area contributed by atoms with Crippen LogP contribution in [0.2, 0.25) is 0 Å². The third-order valence-electron chi connectivity index (χ3n) is 5.86. The quantitative estimate of drug-likeness (QED) is 0.649. The summed E-state index contributed by atoms with van der Waals surface area (Å²) in [4.78, 5) is 30.5. The molecule has 3 aromatic rings. The van der Waals surface area contributed by atoms with Crippen LogP contribution in [-0.4, -0.2) is 45.1 Å². The van der Waals surface area contributed by atoms with Gasteiger partial charge in [-0.25, -0.2) is 14.4 Å². The summed E-state index contributed by atoms with van der Waals surface area (Å²) in [6, 6.07) is 5.97. The monoisotopic (exact) mass is 406 g/mol. The van der Waals surface area contributed by atoms with Crippen LogP contribution < -0.4 is 9.80 Å². The number of carbonyl (C=O) groups excluding carboxylic acids is 1. The topological polar surface area (TPSA) is 67.2 Å². The van der Waals surface area contributed by atoms with E-state index in [1.807, 2.05) is 6.92 Å². The van der Waals surface area contributed by atoms with Crippen molar-refractivity contribution in [2.75, 3.05) is 23.4 Å². The van der Waals surface area contributed by atoms with Gasteiger partial charge in [-0.1, -0.05) is 6.92 Å². The molecule has 0 bridgehead atoms. The summed E-state index contributed by atoms with van der Waals surface area (Å²) in [6.45, 7) is 2.86. The minimum Gasteiger partial charge on any atom is -0.342 e. The summed E-state index contributed by atoms with van der Waals surface area (Å²) in [5.74, 6) is 2.29. The van der Waals surface area contributed by atoms with Crippen LogP contribution in [0, 0.1) is 11.7 Å². The van der Waals surface area contributed by atoms with Crippen LogP contribution in [0.15, 0.2) is 42.9 Å². The number of nitrogens with zero attached hydrogens (tertiary/aromatic N) is 6. The molecule has 0 N–H and O–H groups in total. The Hall–Kier alpha value is -3.29. The lowest BCUT2D eigenvalue weighted by Crippen LogP contribution is -2.53. The molecule has 3 heterocycles. The number of carbonyl (C=O) groups is 1. The molecular weight excluding hydrogens is 383 g/mol. The van der Waals surface area contributed by atoms with Gasteiger partial charge in [0.1, 0.15) is 23.4 Å². The first-order valence-electron chi connectivity index (χ1n) is 10.3. The maximum Gasteiger partial charge on any atom is 0.249 e. The Morgan fingerprint density at radius 2 is 1.93 bits per heavy atom. The van der Waals surface area contributed by atoms with E-state index >= 15 is 0 Å². The van der Waals surface area contributed by atoms with E-state index in [4.69, 9.17) is 4.98 Å². The molecule has 1 saturated carbocycles. The lowest BCUT2D eigenvalue weighted by atomic mass is 10.1. The Bertz CT molecular complexity index is 1090. The summed E-state index contributed by atoms with van der Waals surface area (Å²) in [6.07, 6.45) is 8.28. The van der Waals surface area contributed by atoms with E-state index in [-0.39, 0.29) is 17.8 Å². The normalized spacial score (nSPS) is 18.6. The van der Waals surface area contributed by atoms with E-state index < -0.39 is 0 Å². The molecule has 0 radical (unpaired) electrons. The van der Waals surface area contributed by atoms with E-state index in [1.54, 1.807) is 47.2 Å². The van der Waals surface area contributed by atoms with Gasteiger partial charge in [-0.05, 0) is 49.4 Å². The standard InChI is InChI=1S/C22H23FN6O/c1-3-17-21(30)27(2)18-12-25-22(26-20(18)29(17)13-14-4-5-14)28-11-10-24-19(28)15-6-8-16(23)9-7-15/h6-12,14,17H,3-5,13H2,1-2H3. The Labute approximate surface area is 174 Å². The number of anilines is 2. The predicted molar refractivity (Wildman–Crippen MR) is 112 cm³/mol. The molecule has 154 valence electrons. The van der Waals surface area contributed by atoms with Crippen LogP contribution in [0.5, 0.6) is 0 Å². The highest BCUT2D eigenvalue weighted by atomic mass is 19.1. The summed E-state index contributed by atoms with van der Waals surface area (Å²) < 4.78 is 15.1. The number of fused-ring (bicyclic) bond motifs is 1.